The number of carbonyl (C=O) groups is 1. The molecule has 0 N–H and O–H groups in total. The van der Waals surface area contributed by atoms with Crippen molar-refractivity contribution in [2.45, 2.75) is 25.9 Å². The molecule has 2 heteroatoms. The zero-order chi connectivity index (χ0) is 10.4. The SMILES string of the molecule is CCC(=O)CC(OC)c1ccccc1. The molecule has 76 valence electrons. The van der Waals surface area contributed by atoms with E-state index in [1.807, 2.05) is 37.3 Å². The van der Waals surface area contributed by atoms with Gasteiger partial charge < -0.3 is 4.74 Å². The molecular formula is C12H16O2. The topological polar surface area (TPSA) is 26.3 Å². The van der Waals surface area contributed by atoms with Crippen LogP contribution in [0.3, 0.4) is 0 Å². The Morgan fingerprint density at radius 3 is 2.50 bits per heavy atom. The van der Waals surface area contributed by atoms with Gasteiger partial charge in [0.25, 0.3) is 0 Å². The van der Waals surface area contributed by atoms with Crippen molar-refractivity contribution in [1.82, 2.24) is 0 Å². The maximum atomic E-state index is 11.3. The average molecular weight is 192 g/mol. The van der Waals surface area contributed by atoms with Crippen molar-refractivity contribution in [1.29, 1.82) is 0 Å². The second kappa shape index (κ2) is 5.55. The van der Waals surface area contributed by atoms with Crippen molar-refractivity contribution < 1.29 is 9.53 Å². The minimum absolute atomic E-state index is 0.0938. The molecule has 0 aromatic heterocycles. The number of hydrogen-bond donors (Lipinski definition) is 0. The molecule has 1 unspecified atom stereocenters. The molecule has 0 aliphatic heterocycles. The molecule has 0 saturated carbocycles. The molecule has 1 aromatic carbocycles. The summed E-state index contributed by atoms with van der Waals surface area (Å²) < 4.78 is 5.29. The molecule has 0 amide bonds. The highest BCUT2D eigenvalue weighted by Gasteiger charge is 2.13. The van der Waals surface area contributed by atoms with Gasteiger partial charge in [0, 0.05) is 20.0 Å². The van der Waals surface area contributed by atoms with Gasteiger partial charge in [0.15, 0.2) is 0 Å². The fourth-order valence-electron chi connectivity index (χ4n) is 1.36. The van der Waals surface area contributed by atoms with Gasteiger partial charge in [-0.2, -0.15) is 0 Å². The summed E-state index contributed by atoms with van der Waals surface area (Å²) in [7, 11) is 1.64. The van der Waals surface area contributed by atoms with E-state index >= 15 is 0 Å². The average Bonchev–Trinajstić information content (AvgIpc) is 2.26. The number of hydrogen-bond acceptors (Lipinski definition) is 2. The Morgan fingerprint density at radius 1 is 1.36 bits per heavy atom. The Bertz CT molecular complexity index is 280. The van der Waals surface area contributed by atoms with Gasteiger partial charge in [-0.3, -0.25) is 4.79 Å². The Hall–Kier alpha value is -1.15. The van der Waals surface area contributed by atoms with E-state index in [-0.39, 0.29) is 11.9 Å². The van der Waals surface area contributed by atoms with Gasteiger partial charge in [-0.1, -0.05) is 37.3 Å². The maximum absolute atomic E-state index is 11.3. The van der Waals surface area contributed by atoms with Gasteiger partial charge in [-0.05, 0) is 5.56 Å². The van der Waals surface area contributed by atoms with Gasteiger partial charge in [0.2, 0.25) is 0 Å². The predicted molar refractivity (Wildman–Crippen MR) is 56.1 cm³/mol. The highest BCUT2D eigenvalue weighted by atomic mass is 16.5. The monoisotopic (exact) mass is 192 g/mol. The Labute approximate surface area is 84.9 Å². The van der Waals surface area contributed by atoms with Crippen molar-refractivity contribution in [3.05, 3.63) is 35.9 Å². The molecule has 0 heterocycles. The van der Waals surface area contributed by atoms with Crippen molar-refractivity contribution >= 4 is 5.78 Å². The first-order valence-electron chi connectivity index (χ1n) is 4.87. The third kappa shape index (κ3) is 2.96. The quantitative estimate of drug-likeness (QED) is 0.717. The summed E-state index contributed by atoms with van der Waals surface area (Å²) in [6, 6.07) is 9.83. The number of benzene rings is 1. The third-order valence-corrected chi connectivity index (χ3v) is 2.26. The zero-order valence-corrected chi connectivity index (χ0v) is 8.69. The van der Waals surface area contributed by atoms with Crippen LogP contribution >= 0.6 is 0 Å². The van der Waals surface area contributed by atoms with Gasteiger partial charge in [0.05, 0.1) is 6.10 Å². The van der Waals surface area contributed by atoms with E-state index < -0.39 is 0 Å². The van der Waals surface area contributed by atoms with Gasteiger partial charge in [0.1, 0.15) is 5.78 Å². The lowest BCUT2D eigenvalue weighted by Gasteiger charge is -2.14. The summed E-state index contributed by atoms with van der Waals surface area (Å²) in [5.41, 5.74) is 1.07. The molecule has 1 rings (SSSR count). The maximum Gasteiger partial charge on any atom is 0.135 e. The van der Waals surface area contributed by atoms with Crippen molar-refractivity contribution in [3.8, 4) is 0 Å². The third-order valence-electron chi connectivity index (χ3n) is 2.26. The summed E-state index contributed by atoms with van der Waals surface area (Å²) in [4.78, 5) is 11.3. The molecule has 1 atom stereocenters. The zero-order valence-electron chi connectivity index (χ0n) is 8.69. The highest BCUT2D eigenvalue weighted by molar-refractivity contribution is 5.78. The van der Waals surface area contributed by atoms with Crippen molar-refractivity contribution in [2.24, 2.45) is 0 Å². The van der Waals surface area contributed by atoms with E-state index in [1.54, 1.807) is 7.11 Å². The van der Waals surface area contributed by atoms with Crippen LogP contribution in [0.15, 0.2) is 30.3 Å². The lowest BCUT2D eigenvalue weighted by molar-refractivity contribution is -0.121. The van der Waals surface area contributed by atoms with Crippen LogP contribution in [0.1, 0.15) is 31.4 Å². The van der Waals surface area contributed by atoms with Gasteiger partial charge >= 0.3 is 0 Å². The molecule has 0 spiro atoms. The van der Waals surface area contributed by atoms with Gasteiger partial charge in [-0.25, -0.2) is 0 Å². The second-order valence-electron chi connectivity index (χ2n) is 3.23. The first kappa shape index (κ1) is 10.9. The predicted octanol–water partition coefficient (Wildman–Crippen LogP) is 2.74. The van der Waals surface area contributed by atoms with E-state index in [0.717, 1.165) is 5.56 Å². The lowest BCUT2D eigenvalue weighted by atomic mass is 10.0. The molecule has 0 aliphatic carbocycles. The van der Waals surface area contributed by atoms with Crippen LogP contribution in [0.2, 0.25) is 0 Å². The Balaban J connectivity index is 2.68. The fourth-order valence-corrected chi connectivity index (χ4v) is 1.36. The lowest BCUT2D eigenvalue weighted by Crippen LogP contribution is -2.07. The first-order valence-corrected chi connectivity index (χ1v) is 4.87. The smallest absolute Gasteiger partial charge is 0.135 e. The molecule has 0 saturated heterocycles. The van der Waals surface area contributed by atoms with Crippen LogP contribution in [0.5, 0.6) is 0 Å². The highest BCUT2D eigenvalue weighted by Crippen LogP contribution is 2.20. The Kier molecular flexibility index (Phi) is 4.33. The van der Waals surface area contributed by atoms with Crippen LogP contribution in [-0.4, -0.2) is 12.9 Å². The van der Waals surface area contributed by atoms with E-state index in [1.165, 1.54) is 0 Å². The number of rotatable bonds is 5. The van der Waals surface area contributed by atoms with Crippen molar-refractivity contribution in [3.63, 3.8) is 0 Å². The number of Topliss-reactive ketones (excluding diaryl/α,β-unsaturated/α-hetero) is 1. The van der Waals surface area contributed by atoms with Crippen molar-refractivity contribution in [2.75, 3.05) is 7.11 Å². The summed E-state index contributed by atoms with van der Waals surface area (Å²) in [6.45, 7) is 1.88. The van der Waals surface area contributed by atoms with E-state index in [2.05, 4.69) is 0 Å². The minimum Gasteiger partial charge on any atom is -0.376 e. The molecule has 0 bridgehead atoms. The summed E-state index contributed by atoms with van der Waals surface area (Å²) in [5.74, 6) is 0.237. The number of carbonyl (C=O) groups excluding carboxylic acids is 1. The standard InChI is InChI=1S/C12H16O2/c1-3-11(13)9-12(14-2)10-7-5-4-6-8-10/h4-8,12H,3,9H2,1-2H3. The van der Waals surface area contributed by atoms with Crippen LogP contribution < -0.4 is 0 Å². The fraction of sp³-hybridized carbons (Fsp3) is 0.417. The van der Waals surface area contributed by atoms with Crippen LogP contribution in [-0.2, 0) is 9.53 Å². The van der Waals surface area contributed by atoms with E-state index in [9.17, 15) is 4.79 Å². The summed E-state index contributed by atoms with van der Waals surface area (Å²) in [5, 5.41) is 0. The second-order valence-corrected chi connectivity index (χ2v) is 3.23. The molecule has 14 heavy (non-hydrogen) atoms. The summed E-state index contributed by atoms with van der Waals surface area (Å²) in [6.07, 6.45) is 0.952. The number of ketones is 1. The van der Waals surface area contributed by atoms with E-state index in [4.69, 9.17) is 4.74 Å². The molecule has 2 nitrogen and oxygen atoms in total. The number of ether oxygens (including phenoxy) is 1. The molecular weight excluding hydrogens is 176 g/mol. The molecule has 1 aromatic rings. The molecule has 0 aliphatic rings. The molecule has 0 fully saturated rings. The van der Waals surface area contributed by atoms with Crippen LogP contribution in [0, 0.1) is 0 Å². The van der Waals surface area contributed by atoms with E-state index in [0.29, 0.717) is 12.8 Å². The van der Waals surface area contributed by atoms with Crippen LogP contribution in [0.4, 0.5) is 0 Å². The largest absolute Gasteiger partial charge is 0.376 e. The first-order chi connectivity index (χ1) is 6.77. The minimum atomic E-state index is -0.0938. The van der Waals surface area contributed by atoms with Gasteiger partial charge in [-0.15, -0.1) is 0 Å². The Morgan fingerprint density at radius 2 is 2.00 bits per heavy atom. The normalized spacial score (nSPS) is 12.4. The molecule has 0 radical (unpaired) electrons. The summed E-state index contributed by atoms with van der Waals surface area (Å²) >= 11 is 0. The number of methoxy groups -OCH3 is 1. The van der Waals surface area contributed by atoms with Crippen LogP contribution in [0.25, 0.3) is 0 Å².